The first-order valence-corrected chi connectivity index (χ1v) is 8.35. The monoisotopic (exact) mass is 360 g/mol. The van der Waals surface area contributed by atoms with Crippen molar-refractivity contribution in [2.75, 3.05) is 6.54 Å². The first-order valence-electron chi connectivity index (χ1n) is 7.47. The Hall–Kier alpha value is -2.84. The van der Waals surface area contributed by atoms with E-state index in [-0.39, 0.29) is 18.8 Å². The highest BCUT2D eigenvalue weighted by Gasteiger charge is 2.36. The number of carbonyl (C=O) groups excluding carboxylic acids is 2. The Morgan fingerprint density at radius 2 is 1.96 bits per heavy atom. The van der Waals surface area contributed by atoms with Crippen molar-refractivity contribution >= 4 is 23.2 Å². The number of thiophene rings is 1. The molecule has 130 valence electrons. The lowest BCUT2D eigenvalue weighted by Gasteiger charge is -2.25. The number of hydrogen-bond acceptors (Lipinski definition) is 6. The van der Waals surface area contributed by atoms with Crippen molar-refractivity contribution in [1.82, 2.24) is 10.6 Å². The molecule has 0 aliphatic heterocycles. The van der Waals surface area contributed by atoms with Crippen LogP contribution < -0.4 is 10.6 Å². The van der Waals surface area contributed by atoms with E-state index in [0.29, 0.717) is 5.56 Å². The van der Waals surface area contributed by atoms with Crippen LogP contribution in [-0.4, -0.2) is 23.5 Å². The highest BCUT2D eigenvalue weighted by atomic mass is 32.1. The summed E-state index contributed by atoms with van der Waals surface area (Å²) in [5, 5.41) is 17.8. The lowest BCUT2D eigenvalue weighted by atomic mass is 9.93. The zero-order valence-corrected chi connectivity index (χ0v) is 13.9. The summed E-state index contributed by atoms with van der Waals surface area (Å²) < 4.78 is 10.3. The normalized spacial score (nSPS) is 13.2. The van der Waals surface area contributed by atoms with E-state index in [2.05, 4.69) is 10.6 Å². The predicted octanol–water partition coefficient (Wildman–Crippen LogP) is 1.60. The summed E-state index contributed by atoms with van der Waals surface area (Å²) in [5.41, 5.74) is -1.23. The van der Waals surface area contributed by atoms with Crippen molar-refractivity contribution in [3.05, 3.63) is 70.7 Å². The fourth-order valence-corrected chi connectivity index (χ4v) is 2.94. The van der Waals surface area contributed by atoms with Gasteiger partial charge in [0.25, 0.3) is 0 Å². The van der Waals surface area contributed by atoms with Gasteiger partial charge in [-0.25, -0.2) is 0 Å². The third kappa shape index (κ3) is 3.81. The molecule has 0 aromatic carbocycles. The Morgan fingerprint density at radius 1 is 1.12 bits per heavy atom. The second-order valence-electron chi connectivity index (χ2n) is 5.29. The minimum absolute atomic E-state index is 0.230. The first kappa shape index (κ1) is 17.0. The molecule has 0 radical (unpaired) electrons. The third-order valence-corrected chi connectivity index (χ3v) is 4.52. The van der Waals surface area contributed by atoms with Gasteiger partial charge >= 0.3 is 11.8 Å². The van der Waals surface area contributed by atoms with Crippen LogP contribution in [0, 0.1) is 0 Å². The van der Waals surface area contributed by atoms with Gasteiger partial charge in [-0.3, -0.25) is 9.59 Å². The van der Waals surface area contributed by atoms with Crippen molar-refractivity contribution in [3.63, 3.8) is 0 Å². The third-order valence-electron chi connectivity index (χ3n) is 3.64. The van der Waals surface area contributed by atoms with Crippen LogP contribution in [0.5, 0.6) is 0 Å². The quantitative estimate of drug-likeness (QED) is 0.579. The van der Waals surface area contributed by atoms with Crippen LogP contribution in [0.4, 0.5) is 0 Å². The summed E-state index contributed by atoms with van der Waals surface area (Å²) in [6.07, 6.45) is 4.17. The van der Waals surface area contributed by atoms with Gasteiger partial charge in [0.05, 0.1) is 31.9 Å². The van der Waals surface area contributed by atoms with E-state index < -0.39 is 17.4 Å². The van der Waals surface area contributed by atoms with Crippen molar-refractivity contribution in [2.24, 2.45) is 0 Å². The number of rotatable bonds is 6. The van der Waals surface area contributed by atoms with E-state index in [4.69, 9.17) is 8.83 Å². The second-order valence-corrected chi connectivity index (χ2v) is 6.33. The zero-order chi connectivity index (χ0) is 17.7. The maximum atomic E-state index is 12.0. The summed E-state index contributed by atoms with van der Waals surface area (Å²) >= 11 is 1.48. The molecule has 7 nitrogen and oxygen atoms in total. The van der Waals surface area contributed by atoms with Crippen molar-refractivity contribution in [3.8, 4) is 0 Å². The topological polar surface area (TPSA) is 105 Å². The minimum Gasteiger partial charge on any atom is -0.472 e. The Morgan fingerprint density at radius 3 is 2.60 bits per heavy atom. The zero-order valence-electron chi connectivity index (χ0n) is 13.1. The number of hydrogen-bond donors (Lipinski definition) is 3. The number of aliphatic hydroxyl groups is 1. The molecule has 3 aromatic heterocycles. The lowest BCUT2D eigenvalue weighted by Crippen LogP contribution is -2.46. The van der Waals surface area contributed by atoms with Crippen LogP contribution in [0.1, 0.15) is 16.2 Å². The second kappa shape index (κ2) is 7.37. The number of amides is 2. The molecule has 0 saturated heterocycles. The van der Waals surface area contributed by atoms with E-state index in [0.717, 1.165) is 4.88 Å². The molecule has 0 aliphatic carbocycles. The van der Waals surface area contributed by atoms with Crippen LogP contribution >= 0.6 is 11.3 Å². The fourth-order valence-electron chi connectivity index (χ4n) is 2.29. The van der Waals surface area contributed by atoms with Crippen LogP contribution in [-0.2, 0) is 21.7 Å². The van der Waals surface area contributed by atoms with E-state index in [1.165, 1.54) is 30.1 Å². The predicted molar refractivity (Wildman–Crippen MR) is 89.6 cm³/mol. The highest BCUT2D eigenvalue weighted by molar-refractivity contribution is 7.09. The van der Waals surface area contributed by atoms with E-state index in [1.54, 1.807) is 18.2 Å². The van der Waals surface area contributed by atoms with Crippen molar-refractivity contribution in [2.45, 2.75) is 12.1 Å². The molecule has 0 spiro atoms. The largest absolute Gasteiger partial charge is 0.472 e. The van der Waals surface area contributed by atoms with Gasteiger partial charge in [-0.2, -0.15) is 0 Å². The summed E-state index contributed by atoms with van der Waals surface area (Å²) in [6, 6.07) is 8.48. The van der Waals surface area contributed by atoms with Gasteiger partial charge in [-0.15, -0.1) is 11.3 Å². The molecule has 1 atom stereocenters. The van der Waals surface area contributed by atoms with Crippen LogP contribution in [0.25, 0.3) is 0 Å². The lowest BCUT2D eigenvalue weighted by molar-refractivity contribution is -0.139. The number of nitrogens with one attached hydrogen (secondary N) is 2. The minimum atomic E-state index is -1.64. The van der Waals surface area contributed by atoms with Gasteiger partial charge < -0.3 is 24.6 Å². The summed E-state index contributed by atoms with van der Waals surface area (Å²) in [7, 11) is 0. The maximum Gasteiger partial charge on any atom is 0.309 e. The number of furan rings is 2. The van der Waals surface area contributed by atoms with Crippen molar-refractivity contribution < 1.29 is 23.5 Å². The van der Waals surface area contributed by atoms with Gasteiger partial charge in [-0.1, -0.05) is 6.07 Å². The summed E-state index contributed by atoms with van der Waals surface area (Å²) in [6.45, 7) is 0.0272. The smallest absolute Gasteiger partial charge is 0.309 e. The molecular formula is C17H16N2O5S. The average molecular weight is 360 g/mol. The molecule has 0 unspecified atom stereocenters. The van der Waals surface area contributed by atoms with Crippen LogP contribution in [0.3, 0.4) is 0 Å². The summed E-state index contributed by atoms with van der Waals surface area (Å²) in [5.74, 6) is -1.39. The van der Waals surface area contributed by atoms with Gasteiger partial charge in [0.1, 0.15) is 5.76 Å². The van der Waals surface area contributed by atoms with E-state index in [1.807, 2.05) is 17.5 Å². The Bertz CT molecular complexity index is 775. The first-order chi connectivity index (χ1) is 12.1. The van der Waals surface area contributed by atoms with Gasteiger partial charge in [-0.05, 0) is 29.6 Å². The molecule has 8 heteroatoms. The van der Waals surface area contributed by atoms with Gasteiger partial charge in [0.15, 0.2) is 5.60 Å². The molecule has 25 heavy (non-hydrogen) atoms. The van der Waals surface area contributed by atoms with E-state index >= 15 is 0 Å². The highest BCUT2D eigenvalue weighted by Crippen LogP contribution is 2.29. The summed E-state index contributed by atoms with van der Waals surface area (Å²) in [4.78, 5) is 24.8. The Kier molecular flexibility index (Phi) is 5.01. The average Bonchev–Trinajstić information content (AvgIpc) is 3.38. The SMILES string of the molecule is O=C(NCc1cccs1)C(=O)NC[C@](O)(c1ccoc1)c1ccco1. The molecular weight excluding hydrogens is 344 g/mol. The molecule has 0 fully saturated rings. The van der Waals surface area contributed by atoms with Crippen LogP contribution in [0.2, 0.25) is 0 Å². The maximum absolute atomic E-state index is 12.0. The standard InChI is InChI=1S/C17H16N2O5S/c20-15(18-9-13-3-2-8-25-13)16(21)19-11-17(22,12-5-7-23-10-12)14-4-1-6-24-14/h1-8,10,22H,9,11H2,(H,18,20)(H,19,21)/t17-/m0/s1. The molecule has 3 aromatic rings. The van der Waals surface area contributed by atoms with Crippen molar-refractivity contribution in [1.29, 1.82) is 0 Å². The van der Waals surface area contributed by atoms with Gasteiger partial charge in [0, 0.05) is 10.4 Å². The Labute approximate surface area is 147 Å². The molecule has 0 saturated carbocycles. The Balaban J connectivity index is 1.63. The molecule has 3 heterocycles. The molecule has 2 amide bonds. The molecule has 0 bridgehead atoms. The fraction of sp³-hybridized carbons (Fsp3) is 0.176. The molecule has 3 N–H and O–H groups in total. The van der Waals surface area contributed by atoms with Crippen LogP contribution in [0.15, 0.2) is 63.3 Å². The number of carbonyl (C=O) groups is 2. The molecule has 0 aliphatic rings. The van der Waals surface area contributed by atoms with E-state index in [9.17, 15) is 14.7 Å². The molecule has 3 rings (SSSR count). The van der Waals surface area contributed by atoms with Gasteiger partial charge in [0.2, 0.25) is 0 Å².